The summed E-state index contributed by atoms with van der Waals surface area (Å²) >= 11 is 10.1. The van der Waals surface area contributed by atoms with Gasteiger partial charge in [-0.05, 0) is 56.1 Å². The summed E-state index contributed by atoms with van der Waals surface area (Å²) in [6, 6.07) is 7.33. The summed E-state index contributed by atoms with van der Waals surface area (Å²) in [6.45, 7) is 11.7. The molecule has 244 valence electrons. The minimum atomic E-state index is -3.18. The lowest BCUT2D eigenvalue weighted by Gasteiger charge is -2.39. The molecule has 44 heavy (non-hydrogen) atoms. The molecule has 0 saturated carbocycles. The van der Waals surface area contributed by atoms with Crippen LogP contribution in [-0.4, -0.2) is 60.5 Å². The van der Waals surface area contributed by atoms with Crippen molar-refractivity contribution in [2.75, 3.05) is 23.0 Å². The molecule has 3 heterocycles. The Morgan fingerprint density at radius 2 is 1.86 bits per heavy atom. The number of carbonyl (C=O) groups is 1. The number of fused-ring (bicyclic) bond motifs is 3. The number of rotatable bonds is 12. The summed E-state index contributed by atoms with van der Waals surface area (Å²) in [6.07, 6.45) is 3.24. The minimum Gasteiger partial charge on any atom is -0.339 e. The molecule has 0 radical (unpaired) electrons. The average molecular weight is 876 g/mol. The van der Waals surface area contributed by atoms with E-state index in [9.17, 15) is 9.00 Å². The number of thiol groups is 1. The Labute approximate surface area is 292 Å². The van der Waals surface area contributed by atoms with Gasteiger partial charge in [-0.25, -0.2) is 18.3 Å². The van der Waals surface area contributed by atoms with E-state index in [0.717, 1.165) is 58.6 Å². The van der Waals surface area contributed by atoms with Crippen LogP contribution in [0.2, 0.25) is 5.15 Å². The molecule has 0 N–H and O–H groups in total. The molecule has 0 bridgehead atoms. The fourth-order valence-electron chi connectivity index (χ4n) is 6.01. The van der Waals surface area contributed by atoms with E-state index in [1.54, 1.807) is 45.6 Å². The van der Waals surface area contributed by atoms with Crippen LogP contribution in [0.1, 0.15) is 83.3 Å². The van der Waals surface area contributed by atoms with Crippen molar-refractivity contribution in [2.45, 2.75) is 94.3 Å². The first-order chi connectivity index (χ1) is 20.5. The molecule has 0 aliphatic carbocycles. The standard InChI is InChI=1S/C31H42ClF2I2N5O2S/c1-7-30(4,5)44(43,8-2)17-15-22(35)18-27(42)40(36)29(31(6,33)34)21-11-13-23(14-12-21)39-16-9-10-24-28(39)20(3)37-26-19-25(32)38-41(24)26/h11-14,19,22,29,44H,7-10,15-18H2,1-6H3/t22?,29-/m0/s1. The molecule has 1 amide bonds. The van der Waals surface area contributed by atoms with Gasteiger partial charge in [-0.3, -0.25) is 12.1 Å². The van der Waals surface area contributed by atoms with Crippen molar-refractivity contribution in [3.05, 3.63) is 52.4 Å². The van der Waals surface area contributed by atoms with Gasteiger partial charge in [-0.2, -0.15) is 5.10 Å². The SMILES string of the molecule is CCC(C)(C)[SH](=O)(CC)CCC(I)CC(=O)N(I)[C@@H](c1ccc(N2CCCc3c2c(C)nc2cc(Cl)nn32)cc1)C(C)(F)F. The molecular formula is C31H42ClF2I2N5O2S. The molecular weight excluding hydrogens is 834 g/mol. The number of alkyl halides is 3. The maximum Gasteiger partial charge on any atom is 0.270 e. The minimum absolute atomic E-state index is 0.104. The number of aromatic nitrogens is 3. The average Bonchev–Trinajstić information content (AvgIpc) is 3.35. The number of benzene rings is 1. The molecule has 4 rings (SSSR count). The van der Waals surface area contributed by atoms with E-state index in [1.165, 1.54) is 0 Å². The van der Waals surface area contributed by atoms with Gasteiger partial charge in [-0.15, -0.1) is 0 Å². The number of hydrogen-bond donors (Lipinski definition) is 1. The Hall–Kier alpha value is -1.13. The Bertz CT molecular complexity index is 1550. The predicted octanol–water partition coefficient (Wildman–Crippen LogP) is 8.46. The lowest BCUT2D eigenvalue weighted by molar-refractivity contribution is -0.132. The highest BCUT2D eigenvalue weighted by Gasteiger charge is 2.42. The first-order valence-electron chi connectivity index (χ1n) is 15.0. The van der Waals surface area contributed by atoms with Gasteiger partial charge in [0.05, 0.1) is 39.9 Å². The number of amides is 1. The summed E-state index contributed by atoms with van der Waals surface area (Å²) in [7, 11) is -2.44. The number of hydrogen-bond acceptors (Lipinski definition) is 5. The van der Waals surface area contributed by atoms with E-state index in [-0.39, 0.29) is 21.0 Å². The first kappa shape index (κ1) is 35.7. The van der Waals surface area contributed by atoms with Crippen LogP contribution in [0.15, 0.2) is 30.3 Å². The number of carbonyl (C=O) groups excluding carboxylic acids is 1. The summed E-state index contributed by atoms with van der Waals surface area (Å²) < 4.78 is 46.5. The molecule has 0 fully saturated rings. The molecule has 13 heteroatoms. The van der Waals surface area contributed by atoms with Crippen LogP contribution >= 0.6 is 57.1 Å². The molecule has 1 aromatic carbocycles. The van der Waals surface area contributed by atoms with E-state index in [2.05, 4.69) is 39.5 Å². The zero-order chi connectivity index (χ0) is 32.6. The largest absolute Gasteiger partial charge is 0.339 e. The van der Waals surface area contributed by atoms with Crippen LogP contribution in [-0.2, 0) is 21.1 Å². The predicted molar refractivity (Wildman–Crippen MR) is 195 cm³/mol. The molecule has 1 aliphatic rings. The monoisotopic (exact) mass is 875 g/mol. The zero-order valence-corrected chi connectivity index (χ0v) is 32.1. The molecule has 1 unspecified atom stereocenters. The van der Waals surface area contributed by atoms with Crippen molar-refractivity contribution in [3.8, 4) is 0 Å². The topological polar surface area (TPSA) is 70.8 Å². The molecule has 1 aliphatic heterocycles. The van der Waals surface area contributed by atoms with Crippen molar-refractivity contribution in [1.82, 2.24) is 17.7 Å². The Morgan fingerprint density at radius 3 is 2.45 bits per heavy atom. The van der Waals surface area contributed by atoms with Gasteiger partial charge in [0.25, 0.3) is 5.92 Å². The molecule has 2 aromatic heterocycles. The van der Waals surface area contributed by atoms with Crippen LogP contribution in [0.25, 0.3) is 5.65 Å². The highest BCUT2D eigenvalue weighted by molar-refractivity contribution is 14.1. The molecule has 2 atom stereocenters. The van der Waals surface area contributed by atoms with Crippen molar-refractivity contribution in [2.24, 2.45) is 0 Å². The second-order valence-corrected chi connectivity index (χ2v) is 19.6. The highest BCUT2D eigenvalue weighted by atomic mass is 127. The van der Waals surface area contributed by atoms with Gasteiger partial charge >= 0.3 is 0 Å². The van der Waals surface area contributed by atoms with Gasteiger partial charge in [0.1, 0.15) is 6.04 Å². The Morgan fingerprint density at radius 1 is 1.20 bits per heavy atom. The Kier molecular flexibility index (Phi) is 11.3. The second-order valence-electron chi connectivity index (χ2n) is 12.3. The van der Waals surface area contributed by atoms with Crippen molar-refractivity contribution in [1.29, 1.82) is 0 Å². The van der Waals surface area contributed by atoms with E-state index in [1.807, 2.05) is 39.8 Å². The van der Waals surface area contributed by atoms with Gasteiger partial charge < -0.3 is 4.90 Å². The number of nitrogens with zero attached hydrogens (tertiary/aromatic N) is 5. The number of aryl methyl sites for hydroxylation is 2. The van der Waals surface area contributed by atoms with Gasteiger partial charge in [-0.1, -0.05) is 84.0 Å². The van der Waals surface area contributed by atoms with Crippen LogP contribution in [0, 0.1) is 6.92 Å². The summed E-state index contributed by atoms with van der Waals surface area (Å²) in [5.74, 6) is -2.37. The first-order valence-corrected chi connectivity index (χ1v) is 19.7. The molecule has 0 saturated heterocycles. The third-order valence-electron chi connectivity index (χ3n) is 9.02. The summed E-state index contributed by atoms with van der Waals surface area (Å²) in [4.78, 5) is 20.2. The lowest BCUT2D eigenvalue weighted by Crippen LogP contribution is -2.42. The molecule has 3 aromatic rings. The van der Waals surface area contributed by atoms with Crippen molar-refractivity contribution < 1.29 is 17.8 Å². The van der Waals surface area contributed by atoms with Crippen LogP contribution in [0.5, 0.6) is 0 Å². The maximum absolute atomic E-state index is 15.1. The fraction of sp³-hybridized carbons (Fsp3) is 0.581. The number of anilines is 2. The quantitative estimate of drug-likeness (QED) is 0.0857. The van der Waals surface area contributed by atoms with E-state index in [0.29, 0.717) is 34.3 Å². The van der Waals surface area contributed by atoms with E-state index in [4.69, 9.17) is 16.6 Å². The van der Waals surface area contributed by atoms with Crippen LogP contribution in [0.4, 0.5) is 20.2 Å². The van der Waals surface area contributed by atoms with Crippen LogP contribution in [0.3, 0.4) is 0 Å². The summed E-state index contributed by atoms with van der Waals surface area (Å²) in [5.41, 5.74) is 4.71. The Balaban J connectivity index is 1.52. The maximum atomic E-state index is 15.1. The third-order valence-corrected chi connectivity index (χ3v) is 15.9. The van der Waals surface area contributed by atoms with Crippen molar-refractivity contribution >= 4 is 89.9 Å². The zero-order valence-electron chi connectivity index (χ0n) is 26.1. The molecule has 0 spiro atoms. The van der Waals surface area contributed by atoms with Crippen molar-refractivity contribution in [3.63, 3.8) is 0 Å². The third kappa shape index (κ3) is 7.37. The molecule has 7 nitrogen and oxygen atoms in total. The van der Waals surface area contributed by atoms with Gasteiger partial charge in [0, 0.05) is 46.1 Å². The lowest BCUT2D eigenvalue weighted by atomic mass is 9.99. The number of halogens is 5. The van der Waals surface area contributed by atoms with Crippen LogP contribution < -0.4 is 4.90 Å². The van der Waals surface area contributed by atoms with Gasteiger partial charge in [0.15, 0.2) is 10.8 Å². The second kappa shape index (κ2) is 13.9. The van der Waals surface area contributed by atoms with E-state index < -0.39 is 21.9 Å². The van der Waals surface area contributed by atoms with E-state index >= 15 is 8.78 Å². The highest BCUT2D eigenvalue weighted by Crippen LogP contribution is 2.41. The van der Waals surface area contributed by atoms with Gasteiger partial charge in [0.2, 0.25) is 5.91 Å². The normalized spacial score (nSPS) is 16.1. The smallest absolute Gasteiger partial charge is 0.270 e. The summed E-state index contributed by atoms with van der Waals surface area (Å²) in [5, 5.41) is 4.80. The fourth-order valence-corrected chi connectivity index (χ4v) is 11.5.